The summed E-state index contributed by atoms with van der Waals surface area (Å²) >= 11 is 0. The van der Waals surface area contributed by atoms with Gasteiger partial charge in [0.1, 0.15) is 5.78 Å². The smallest absolute Gasteiger partial charge is 0.160 e. The van der Waals surface area contributed by atoms with Crippen molar-refractivity contribution in [2.24, 2.45) is 5.92 Å². The molecular formula is C13H18O4. The molecule has 0 aliphatic heterocycles. The quantitative estimate of drug-likeness (QED) is 0.855. The first-order valence-electron chi connectivity index (χ1n) is 5.41. The van der Waals surface area contributed by atoms with Gasteiger partial charge in [-0.05, 0) is 24.6 Å². The fraction of sp³-hybridized carbons (Fsp3) is 0.462. The molecular weight excluding hydrogens is 220 g/mol. The van der Waals surface area contributed by atoms with Crippen LogP contribution in [0.1, 0.15) is 25.5 Å². The molecule has 0 saturated heterocycles. The maximum absolute atomic E-state index is 11.4. The van der Waals surface area contributed by atoms with Crippen LogP contribution < -0.4 is 4.74 Å². The molecule has 94 valence electrons. The summed E-state index contributed by atoms with van der Waals surface area (Å²) in [4.78, 5) is 11.4. The van der Waals surface area contributed by atoms with Gasteiger partial charge in [0.25, 0.3) is 0 Å². The van der Waals surface area contributed by atoms with Crippen LogP contribution in [-0.2, 0) is 9.53 Å². The number of hydrogen-bond acceptors (Lipinski definition) is 4. The molecule has 2 atom stereocenters. The molecule has 0 aromatic heterocycles. The van der Waals surface area contributed by atoms with E-state index in [1.807, 2.05) is 6.92 Å². The second kappa shape index (κ2) is 5.68. The number of rotatable bonds is 5. The molecule has 2 unspecified atom stereocenters. The Morgan fingerprint density at radius 1 is 1.35 bits per heavy atom. The molecule has 0 bridgehead atoms. The van der Waals surface area contributed by atoms with Gasteiger partial charge in [-0.3, -0.25) is 4.79 Å². The number of methoxy groups -OCH3 is 2. The van der Waals surface area contributed by atoms with Gasteiger partial charge in [-0.15, -0.1) is 0 Å². The summed E-state index contributed by atoms with van der Waals surface area (Å²) < 4.78 is 10.4. The summed E-state index contributed by atoms with van der Waals surface area (Å²) in [5.74, 6) is 0.264. The van der Waals surface area contributed by atoms with Gasteiger partial charge in [0.05, 0.1) is 13.2 Å². The minimum atomic E-state index is -0.331. The zero-order valence-corrected chi connectivity index (χ0v) is 10.6. The van der Waals surface area contributed by atoms with E-state index in [1.54, 1.807) is 19.2 Å². The number of phenols is 1. The highest BCUT2D eigenvalue weighted by Crippen LogP contribution is 2.33. The number of ether oxygens (including phenoxy) is 2. The lowest BCUT2D eigenvalue weighted by Gasteiger charge is -2.21. The third-order valence-electron chi connectivity index (χ3n) is 2.88. The average molecular weight is 238 g/mol. The lowest BCUT2D eigenvalue weighted by molar-refractivity contribution is -0.124. The molecule has 0 fully saturated rings. The van der Waals surface area contributed by atoms with E-state index >= 15 is 0 Å². The molecule has 1 aromatic rings. The van der Waals surface area contributed by atoms with Crippen LogP contribution in [0.25, 0.3) is 0 Å². The van der Waals surface area contributed by atoms with Crippen molar-refractivity contribution in [3.63, 3.8) is 0 Å². The van der Waals surface area contributed by atoms with E-state index in [4.69, 9.17) is 9.47 Å². The second-order valence-corrected chi connectivity index (χ2v) is 3.99. The largest absolute Gasteiger partial charge is 0.504 e. The molecule has 0 radical (unpaired) electrons. The zero-order chi connectivity index (χ0) is 13.0. The third-order valence-corrected chi connectivity index (χ3v) is 2.88. The van der Waals surface area contributed by atoms with E-state index < -0.39 is 0 Å². The first kappa shape index (κ1) is 13.5. The van der Waals surface area contributed by atoms with Crippen LogP contribution in [0.4, 0.5) is 0 Å². The number of Topliss-reactive ketones (excluding diaryl/α,β-unsaturated/α-hetero) is 1. The van der Waals surface area contributed by atoms with Crippen LogP contribution in [0, 0.1) is 5.92 Å². The van der Waals surface area contributed by atoms with Crippen molar-refractivity contribution >= 4 is 5.78 Å². The molecule has 1 N–H and O–H groups in total. The summed E-state index contributed by atoms with van der Waals surface area (Å²) in [5, 5.41) is 9.50. The molecule has 1 rings (SSSR count). The molecule has 0 aliphatic carbocycles. The predicted octanol–water partition coefficient (Wildman–Crippen LogP) is 2.31. The highest BCUT2D eigenvalue weighted by Gasteiger charge is 2.23. The van der Waals surface area contributed by atoms with Crippen LogP contribution in [0.2, 0.25) is 0 Å². The van der Waals surface area contributed by atoms with Gasteiger partial charge in [-0.2, -0.15) is 0 Å². The maximum atomic E-state index is 11.4. The van der Waals surface area contributed by atoms with Gasteiger partial charge in [0, 0.05) is 13.0 Å². The molecule has 0 aliphatic rings. The number of aromatic hydroxyl groups is 1. The fourth-order valence-electron chi connectivity index (χ4n) is 1.71. The van der Waals surface area contributed by atoms with E-state index in [0.29, 0.717) is 5.75 Å². The van der Waals surface area contributed by atoms with Crippen LogP contribution in [0.5, 0.6) is 11.5 Å². The number of phenolic OH excluding ortho intramolecular Hbond substituents is 1. The SMILES string of the molecule is COc1cc(C(OC)C(C)C(C)=O)ccc1O. The number of carbonyl (C=O) groups is 1. The number of ketones is 1. The van der Waals surface area contributed by atoms with Crippen LogP contribution >= 0.6 is 0 Å². The van der Waals surface area contributed by atoms with Gasteiger partial charge in [-0.25, -0.2) is 0 Å². The Morgan fingerprint density at radius 2 is 2.00 bits per heavy atom. The minimum absolute atomic E-state index is 0.0592. The Morgan fingerprint density at radius 3 is 2.47 bits per heavy atom. The second-order valence-electron chi connectivity index (χ2n) is 3.99. The summed E-state index contributed by atoms with van der Waals surface area (Å²) in [6.45, 7) is 3.35. The highest BCUT2D eigenvalue weighted by atomic mass is 16.5. The van der Waals surface area contributed by atoms with E-state index in [9.17, 15) is 9.90 Å². The van der Waals surface area contributed by atoms with Gasteiger partial charge in [0.2, 0.25) is 0 Å². The highest BCUT2D eigenvalue weighted by molar-refractivity contribution is 5.78. The lowest BCUT2D eigenvalue weighted by Crippen LogP contribution is -2.18. The summed E-state index contributed by atoms with van der Waals surface area (Å²) in [6.07, 6.45) is -0.331. The zero-order valence-electron chi connectivity index (χ0n) is 10.6. The van der Waals surface area contributed by atoms with E-state index in [2.05, 4.69) is 0 Å². The van der Waals surface area contributed by atoms with E-state index in [1.165, 1.54) is 20.1 Å². The molecule has 1 aromatic carbocycles. The number of hydrogen-bond donors (Lipinski definition) is 1. The van der Waals surface area contributed by atoms with Crippen LogP contribution in [-0.4, -0.2) is 25.1 Å². The van der Waals surface area contributed by atoms with Gasteiger partial charge >= 0.3 is 0 Å². The Kier molecular flexibility index (Phi) is 4.52. The first-order valence-corrected chi connectivity index (χ1v) is 5.41. The first-order chi connectivity index (χ1) is 8.01. The molecule has 0 amide bonds. The number of carbonyl (C=O) groups excluding carboxylic acids is 1. The molecule has 17 heavy (non-hydrogen) atoms. The van der Waals surface area contributed by atoms with Crippen molar-refractivity contribution in [3.05, 3.63) is 23.8 Å². The van der Waals surface area contributed by atoms with Crippen LogP contribution in [0.15, 0.2) is 18.2 Å². The molecule has 0 heterocycles. The van der Waals surface area contributed by atoms with Crippen molar-refractivity contribution < 1.29 is 19.4 Å². The van der Waals surface area contributed by atoms with Crippen molar-refractivity contribution in [2.45, 2.75) is 20.0 Å². The molecule has 4 nitrogen and oxygen atoms in total. The predicted molar refractivity (Wildman–Crippen MR) is 64.3 cm³/mol. The van der Waals surface area contributed by atoms with E-state index in [0.717, 1.165) is 5.56 Å². The molecule has 0 spiro atoms. The lowest BCUT2D eigenvalue weighted by atomic mass is 9.94. The topological polar surface area (TPSA) is 55.8 Å². The standard InChI is InChI=1S/C13H18O4/c1-8(9(2)14)13(17-4)10-5-6-11(15)12(7-10)16-3/h5-8,13,15H,1-4H3. The summed E-state index contributed by atoms with van der Waals surface area (Å²) in [6, 6.07) is 4.95. The summed E-state index contributed by atoms with van der Waals surface area (Å²) in [5.41, 5.74) is 0.810. The maximum Gasteiger partial charge on any atom is 0.160 e. The third kappa shape index (κ3) is 2.97. The fourth-order valence-corrected chi connectivity index (χ4v) is 1.71. The van der Waals surface area contributed by atoms with Gasteiger partial charge in [0.15, 0.2) is 11.5 Å². The minimum Gasteiger partial charge on any atom is -0.504 e. The Labute approximate surface area is 101 Å². The molecule has 0 saturated carbocycles. The van der Waals surface area contributed by atoms with Gasteiger partial charge < -0.3 is 14.6 Å². The Bertz CT molecular complexity index is 400. The van der Waals surface area contributed by atoms with Crippen molar-refractivity contribution in [1.82, 2.24) is 0 Å². The van der Waals surface area contributed by atoms with Gasteiger partial charge in [-0.1, -0.05) is 13.0 Å². The summed E-state index contributed by atoms with van der Waals surface area (Å²) in [7, 11) is 3.04. The normalized spacial score (nSPS) is 14.1. The monoisotopic (exact) mass is 238 g/mol. The van der Waals surface area contributed by atoms with Crippen molar-refractivity contribution in [2.75, 3.05) is 14.2 Å². The Hall–Kier alpha value is -1.55. The molecule has 4 heteroatoms. The van der Waals surface area contributed by atoms with Crippen molar-refractivity contribution in [1.29, 1.82) is 0 Å². The number of benzene rings is 1. The van der Waals surface area contributed by atoms with Crippen molar-refractivity contribution in [3.8, 4) is 11.5 Å². The van der Waals surface area contributed by atoms with E-state index in [-0.39, 0.29) is 23.6 Å². The van der Waals surface area contributed by atoms with Crippen LogP contribution in [0.3, 0.4) is 0 Å². The Balaban J connectivity index is 3.08. The average Bonchev–Trinajstić information content (AvgIpc) is 2.31.